The van der Waals surface area contributed by atoms with Crippen molar-refractivity contribution in [3.8, 4) is 0 Å². The van der Waals surface area contributed by atoms with Crippen LogP contribution in [0.2, 0.25) is 0 Å². The molecule has 102 valence electrons. The van der Waals surface area contributed by atoms with E-state index in [4.69, 9.17) is 5.11 Å². The van der Waals surface area contributed by atoms with Crippen LogP contribution in [0.4, 0.5) is 11.5 Å². The number of amides is 1. The fourth-order valence-corrected chi connectivity index (χ4v) is 1.40. The minimum atomic E-state index is -1.10. The van der Waals surface area contributed by atoms with Gasteiger partial charge in [0.25, 0.3) is 5.91 Å². The Kier molecular flexibility index (Phi) is 4.63. The van der Waals surface area contributed by atoms with Crippen LogP contribution in [0.15, 0.2) is 29.5 Å². The highest BCUT2D eigenvalue weighted by atomic mass is 16.4. The van der Waals surface area contributed by atoms with Crippen molar-refractivity contribution in [2.75, 3.05) is 24.3 Å². The molecule has 1 rings (SSSR count). The van der Waals surface area contributed by atoms with E-state index in [0.717, 1.165) is 0 Å². The summed E-state index contributed by atoms with van der Waals surface area (Å²) in [6, 6.07) is 3.41. The largest absolute Gasteiger partial charge is 0.478 e. The molecular weight excluding hydrogens is 246 g/mol. The summed E-state index contributed by atoms with van der Waals surface area (Å²) in [6.07, 6.45) is 1.62. The first-order valence-corrected chi connectivity index (χ1v) is 5.69. The highest BCUT2D eigenvalue weighted by Crippen LogP contribution is 2.21. The van der Waals surface area contributed by atoms with Crippen molar-refractivity contribution in [3.63, 3.8) is 0 Å². The van der Waals surface area contributed by atoms with Crippen molar-refractivity contribution in [2.45, 2.75) is 13.8 Å². The molecule has 6 nitrogen and oxygen atoms in total. The van der Waals surface area contributed by atoms with Crippen molar-refractivity contribution in [1.82, 2.24) is 4.98 Å². The average molecular weight is 263 g/mol. The summed E-state index contributed by atoms with van der Waals surface area (Å²) in [5, 5.41) is 11.5. The minimum Gasteiger partial charge on any atom is -0.478 e. The Hall–Kier alpha value is -2.37. The van der Waals surface area contributed by atoms with Gasteiger partial charge in [0.1, 0.15) is 0 Å². The van der Waals surface area contributed by atoms with Gasteiger partial charge in [-0.3, -0.25) is 4.79 Å². The third kappa shape index (κ3) is 3.54. The topological polar surface area (TPSA) is 82.5 Å². The van der Waals surface area contributed by atoms with Gasteiger partial charge in [-0.15, -0.1) is 0 Å². The zero-order chi connectivity index (χ0) is 14.6. The number of carboxylic acid groups (broad SMARTS) is 1. The molecule has 0 aliphatic rings. The molecule has 1 heterocycles. The van der Waals surface area contributed by atoms with Crippen LogP contribution in [0.5, 0.6) is 0 Å². The Morgan fingerprint density at radius 1 is 1.26 bits per heavy atom. The second kappa shape index (κ2) is 5.99. The van der Waals surface area contributed by atoms with Crippen LogP contribution in [0.1, 0.15) is 13.8 Å². The lowest BCUT2D eigenvalue weighted by Crippen LogP contribution is -2.19. The van der Waals surface area contributed by atoms with E-state index < -0.39 is 11.9 Å². The van der Waals surface area contributed by atoms with Gasteiger partial charge < -0.3 is 15.3 Å². The van der Waals surface area contributed by atoms with Crippen molar-refractivity contribution in [2.24, 2.45) is 0 Å². The quantitative estimate of drug-likeness (QED) is 0.804. The van der Waals surface area contributed by atoms with Gasteiger partial charge in [-0.05, 0) is 26.0 Å². The summed E-state index contributed by atoms with van der Waals surface area (Å²) in [5.41, 5.74) is 0.726. The molecule has 0 spiro atoms. The number of rotatable bonds is 4. The molecule has 6 heteroatoms. The Morgan fingerprint density at radius 3 is 2.42 bits per heavy atom. The summed E-state index contributed by atoms with van der Waals surface area (Å²) in [6.45, 7) is 2.87. The highest BCUT2D eigenvalue weighted by Gasteiger charge is 2.15. The molecule has 0 saturated carbocycles. The van der Waals surface area contributed by atoms with Crippen LogP contribution in [-0.4, -0.2) is 36.1 Å². The van der Waals surface area contributed by atoms with Crippen molar-refractivity contribution in [1.29, 1.82) is 0 Å². The van der Waals surface area contributed by atoms with Gasteiger partial charge in [0, 0.05) is 31.4 Å². The van der Waals surface area contributed by atoms with Gasteiger partial charge in [0.05, 0.1) is 5.69 Å². The van der Waals surface area contributed by atoms with Gasteiger partial charge in [-0.1, -0.05) is 0 Å². The lowest BCUT2D eigenvalue weighted by Gasteiger charge is -2.16. The first-order valence-electron chi connectivity index (χ1n) is 5.69. The number of hydrogen-bond donors (Lipinski definition) is 2. The van der Waals surface area contributed by atoms with E-state index in [-0.39, 0.29) is 11.1 Å². The van der Waals surface area contributed by atoms with Crippen molar-refractivity contribution < 1.29 is 14.7 Å². The SMILES string of the molecule is CC(C(=O)O)=C(C)C(=O)Nc1cccnc1N(C)C. The normalized spacial score (nSPS) is 11.6. The molecule has 0 aliphatic carbocycles. The molecule has 0 saturated heterocycles. The molecular formula is C13H17N3O3. The van der Waals surface area contributed by atoms with Gasteiger partial charge in [-0.25, -0.2) is 9.78 Å². The maximum absolute atomic E-state index is 12.0. The van der Waals surface area contributed by atoms with Crippen LogP contribution in [-0.2, 0) is 9.59 Å². The fraction of sp³-hybridized carbons (Fsp3) is 0.308. The Labute approximate surface area is 111 Å². The Bertz CT molecular complexity index is 536. The number of nitrogens with one attached hydrogen (secondary N) is 1. The second-order valence-electron chi connectivity index (χ2n) is 4.28. The summed E-state index contributed by atoms with van der Waals surface area (Å²) >= 11 is 0. The lowest BCUT2D eigenvalue weighted by atomic mass is 10.1. The smallest absolute Gasteiger partial charge is 0.331 e. The standard InChI is InChI=1S/C13H17N3O3/c1-8(9(2)13(18)19)12(17)15-10-6-5-7-14-11(10)16(3)4/h5-7H,1-4H3,(H,15,17)(H,18,19). The number of anilines is 2. The molecule has 0 fully saturated rings. The Balaban J connectivity index is 3.01. The van der Waals surface area contributed by atoms with E-state index >= 15 is 0 Å². The summed E-state index contributed by atoms with van der Waals surface area (Å²) in [5.74, 6) is -0.945. The highest BCUT2D eigenvalue weighted by molar-refractivity contribution is 6.09. The maximum Gasteiger partial charge on any atom is 0.331 e. The number of hydrogen-bond acceptors (Lipinski definition) is 4. The van der Waals surface area contributed by atoms with E-state index in [1.807, 2.05) is 14.1 Å². The van der Waals surface area contributed by atoms with Gasteiger partial charge >= 0.3 is 5.97 Å². The zero-order valence-corrected chi connectivity index (χ0v) is 11.4. The van der Waals surface area contributed by atoms with Gasteiger partial charge in [0.15, 0.2) is 5.82 Å². The molecule has 19 heavy (non-hydrogen) atoms. The molecule has 0 bridgehead atoms. The van der Waals surface area contributed by atoms with Crippen molar-refractivity contribution >= 4 is 23.4 Å². The Morgan fingerprint density at radius 2 is 1.89 bits per heavy atom. The van der Waals surface area contributed by atoms with Crippen molar-refractivity contribution in [3.05, 3.63) is 29.5 Å². The van der Waals surface area contributed by atoms with Crippen LogP contribution in [0, 0.1) is 0 Å². The molecule has 1 aromatic heterocycles. The van der Waals surface area contributed by atoms with Crippen LogP contribution >= 0.6 is 0 Å². The molecule has 0 aliphatic heterocycles. The molecule has 2 N–H and O–H groups in total. The second-order valence-corrected chi connectivity index (χ2v) is 4.28. The number of pyridine rings is 1. The van der Waals surface area contributed by atoms with Gasteiger partial charge in [-0.2, -0.15) is 0 Å². The fourth-order valence-electron chi connectivity index (χ4n) is 1.40. The van der Waals surface area contributed by atoms with E-state index in [9.17, 15) is 9.59 Å². The van der Waals surface area contributed by atoms with Crippen LogP contribution < -0.4 is 10.2 Å². The molecule has 0 unspecified atom stereocenters. The summed E-state index contributed by atoms with van der Waals surface area (Å²) in [7, 11) is 3.62. The molecule has 1 aromatic rings. The lowest BCUT2D eigenvalue weighted by molar-refractivity contribution is -0.133. The van der Waals surface area contributed by atoms with Crippen LogP contribution in [0.25, 0.3) is 0 Å². The van der Waals surface area contributed by atoms with E-state index in [1.165, 1.54) is 13.8 Å². The number of carbonyl (C=O) groups excluding carboxylic acids is 1. The average Bonchev–Trinajstić information content (AvgIpc) is 2.37. The predicted octanol–water partition coefficient (Wildman–Crippen LogP) is 1.51. The third-order valence-electron chi connectivity index (χ3n) is 2.68. The monoisotopic (exact) mass is 263 g/mol. The molecule has 0 aromatic carbocycles. The number of carbonyl (C=O) groups is 2. The van der Waals surface area contributed by atoms with Crippen LogP contribution in [0.3, 0.4) is 0 Å². The molecule has 0 atom stereocenters. The minimum absolute atomic E-state index is 0.0211. The van der Waals surface area contributed by atoms with Gasteiger partial charge in [0.2, 0.25) is 0 Å². The first-order chi connectivity index (χ1) is 8.84. The third-order valence-corrected chi connectivity index (χ3v) is 2.68. The number of aliphatic carboxylic acids is 1. The predicted molar refractivity (Wildman–Crippen MR) is 73.2 cm³/mol. The van der Waals surface area contributed by atoms with E-state index in [0.29, 0.717) is 11.5 Å². The maximum atomic E-state index is 12.0. The summed E-state index contributed by atoms with van der Waals surface area (Å²) < 4.78 is 0. The van der Waals surface area contributed by atoms with E-state index in [1.54, 1.807) is 23.2 Å². The first kappa shape index (κ1) is 14.7. The number of nitrogens with zero attached hydrogens (tertiary/aromatic N) is 2. The number of aromatic nitrogens is 1. The molecule has 0 radical (unpaired) electrons. The molecule has 1 amide bonds. The zero-order valence-electron chi connectivity index (χ0n) is 11.4. The summed E-state index contributed by atoms with van der Waals surface area (Å²) in [4.78, 5) is 28.7. The number of carboxylic acids is 1. The van der Waals surface area contributed by atoms with E-state index in [2.05, 4.69) is 10.3 Å².